The van der Waals surface area contributed by atoms with Crippen LogP contribution in [0.25, 0.3) is 0 Å². The summed E-state index contributed by atoms with van der Waals surface area (Å²) in [6, 6.07) is 16.2. The van der Waals surface area contributed by atoms with E-state index in [2.05, 4.69) is 29.2 Å². The fourth-order valence-electron chi connectivity index (χ4n) is 1.20. The van der Waals surface area contributed by atoms with Crippen molar-refractivity contribution in [2.24, 2.45) is 0 Å². The number of pyridine rings is 1. The quantitative estimate of drug-likeness (QED) is 0.737. The minimum absolute atomic E-state index is 0.312. The van der Waals surface area contributed by atoms with Gasteiger partial charge in [0.2, 0.25) is 0 Å². The second kappa shape index (κ2) is 8.56. The predicted molar refractivity (Wildman–Crippen MR) is 70.7 cm³/mol. The molecule has 0 aliphatic rings. The highest BCUT2D eigenvalue weighted by molar-refractivity contribution is 6.93. The lowest BCUT2D eigenvalue weighted by molar-refractivity contribution is 1.20. The van der Waals surface area contributed by atoms with E-state index in [4.69, 9.17) is 9.07 Å². The Balaban J connectivity index is 0.000000165. The zero-order valence-electron chi connectivity index (χ0n) is 9.44. The van der Waals surface area contributed by atoms with Crippen molar-refractivity contribution in [1.29, 1.82) is 0 Å². The first-order valence-electron chi connectivity index (χ1n) is 5.30. The Morgan fingerprint density at radius 3 is 2.19 bits per heavy atom. The number of hydrogen-bond acceptors (Lipinski definition) is 1. The summed E-state index contributed by atoms with van der Waals surface area (Å²) in [7, 11) is 5.67. The summed E-state index contributed by atoms with van der Waals surface area (Å²) < 4.78 is 1.11. The van der Waals surface area contributed by atoms with Crippen LogP contribution >= 0.6 is 9.07 Å². The van der Waals surface area contributed by atoms with E-state index in [0.717, 1.165) is 10.2 Å². The molecule has 2 rings (SSSR count). The number of hydrogen-bond donors (Lipinski definition) is 0. The summed E-state index contributed by atoms with van der Waals surface area (Å²) in [6.45, 7) is 1.97. The number of halogens is 1. The predicted octanol–water partition coefficient (Wildman–Crippen LogP) is 3.43. The van der Waals surface area contributed by atoms with Crippen molar-refractivity contribution in [1.82, 2.24) is 4.98 Å². The van der Waals surface area contributed by atoms with Gasteiger partial charge in [0.15, 0.2) is 0 Å². The maximum Gasteiger partial charge on any atom is 0.505 e. The number of aryl methyl sites for hydroxylation is 1. The number of nitrogens with zero attached hydrogens (tertiary/aromatic N) is 1. The normalized spacial score (nSPS) is 8.62. The van der Waals surface area contributed by atoms with E-state index in [1.165, 1.54) is 5.56 Å². The highest BCUT2D eigenvalue weighted by atomic mass is 35.5. The molecule has 16 heavy (non-hydrogen) atoms. The Labute approximate surface area is 110 Å². The molecule has 1 heterocycles. The molecule has 2 aromatic rings. The molecule has 0 radical (unpaired) electrons. The van der Waals surface area contributed by atoms with Crippen molar-refractivity contribution in [2.45, 2.75) is 11.5 Å². The van der Waals surface area contributed by atoms with Crippen LogP contribution in [0.3, 0.4) is 0 Å². The van der Waals surface area contributed by atoms with E-state index < -0.39 is 0 Å². The molecule has 0 spiro atoms. The van der Waals surface area contributed by atoms with Crippen molar-refractivity contribution in [2.75, 3.05) is 0 Å². The molecule has 0 aliphatic carbocycles. The van der Waals surface area contributed by atoms with Crippen molar-refractivity contribution in [3.63, 3.8) is 0 Å². The summed E-state index contributed by atoms with van der Waals surface area (Å²) in [5.41, 5.74) is 2.45. The third kappa shape index (κ3) is 6.11. The molecule has 0 bridgehead atoms. The van der Waals surface area contributed by atoms with E-state index in [1.54, 1.807) is 6.20 Å². The monoisotopic (exact) mass is 243 g/mol. The topological polar surface area (TPSA) is 12.9 Å². The lowest BCUT2D eigenvalue weighted by Crippen LogP contribution is -1.86. The second-order valence-corrected chi connectivity index (χ2v) is 5.41. The zero-order chi connectivity index (χ0) is 11.6. The van der Waals surface area contributed by atoms with E-state index in [1.807, 2.05) is 31.2 Å². The average Bonchev–Trinajstić information content (AvgIpc) is 2.33. The highest BCUT2D eigenvalue weighted by Crippen LogP contribution is 1.98. The molecule has 1 nitrogen and oxygen atoms in total. The summed E-state index contributed by atoms with van der Waals surface area (Å²) >= 11 is -0.312. The fraction of sp³-hybridized carbons (Fsp3) is 0.154. The summed E-state index contributed by atoms with van der Waals surface area (Å²) in [5.74, 6) is 0. The van der Waals surface area contributed by atoms with Gasteiger partial charge in [0.05, 0.1) is 0 Å². The second-order valence-electron chi connectivity index (χ2n) is 3.40. The summed E-state index contributed by atoms with van der Waals surface area (Å²) in [6.07, 6.45) is 1.79. The lowest BCUT2D eigenvalue weighted by atomic mass is 10.2. The lowest BCUT2D eigenvalue weighted by Gasteiger charge is -1.92. The van der Waals surface area contributed by atoms with Crippen LogP contribution in [-0.4, -0.2) is 24.2 Å². The van der Waals surface area contributed by atoms with Crippen LogP contribution in [0, 0.1) is 6.92 Å². The van der Waals surface area contributed by atoms with Gasteiger partial charge in [-0.15, -0.1) is 0 Å². The van der Waals surface area contributed by atoms with E-state index in [0.29, 0.717) is 0 Å². The first-order valence-corrected chi connectivity index (χ1v) is 8.44. The molecule has 0 amide bonds. The van der Waals surface area contributed by atoms with Crippen molar-refractivity contribution >= 4 is 28.3 Å². The minimum atomic E-state index is -0.312. The Bertz CT molecular complexity index is 378. The highest BCUT2D eigenvalue weighted by Gasteiger charge is 1.91. The van der Waals surface area contributed by atoms with Gasteiger partial charge in [0, 0.05) is 11.9 Å². The smallest absolute Gasteiger partial charge is 0.345 e. The largest absolute Gasteiger partial charge is 0.505 e. The number of aromatic nitrogens is 1. The van der Waals surface area contributed by atoms with E-state index >= 15 is 0 Å². The maximum absolute atomic E-state index is 5.67. The van der Waals surface area contributed by atoms with Crippen molar-refractivity contribution in [3.8, 4) is 0 Å². The standard InChI is InChI=1S/C7H7.C6H7N.ClH.Mg/c1-7-5-3-2-4-6-7;1-6-4-2-3-5-7-6;;/h2-6H,1H2;2-5H,1H3;1H;/q;;;+1/p-1. The SMILES string of the molecule is Cc1ccccn1.[Cl][Mg][CH2]c1ccccc1. The van der Waals surface area contributed by atoms with Gasteiger partial charge in [0.1, 0.15) is 0 Å². The van der Waals surface area contributed by atoms with Crippen LogP contribution in [0.2, 0.25) is 0 Å². The molecule has 0 N–H and O–H groups in total. The molecule has 1 aromatic heterocycles. The third-order valence-electron chi connectivity index (χ3n) is 2.04. The van der Waals surface area contributed by atoms with Crippen LogP contribution in [0.15, 0.2) is 54.7 Å². The molecule has 1 aromatic carbocycles. The summed E-state index contributed by atoms with van der Waals surface area (Å²) in [5, 5.41) is 0. The van der Waals surface area contributed by atoms with E-state index in [-0.39, 0.29) is 19.3 Å². The summed E-state index contributed by atoms with van der Waals surface area (Å²) in [4.78, 5) is 3.98. The number of benzene rings is 1. The Morgan fingerprint density at radius 1 is 1.06 bits per heavy atom. The van der Waals surface area contributed by atoms with Crippen LogP contribution in [0.1, 0.15) is 11.3 Å². The van der Waals surface area contributed by atoms with Crippen LogP contribution in [-0.2, 0) is 4.55 Å². The van der Waals surface area contributed by atoms with Gasteiger partial charge < -0.3 is 9.07 Å². The van der Waals surface area contributed by atoms with Gasteiger partial charge in [0.25, 0.3) is 0 Å². The maximum atomic E-state index is 5.67. The third-order valence-corrected chi connectivity index (χ3v) is 3.37. The van der Waals surface area contributed by atoms with Gasteiger partial charge in [-0.1, -0.05) is 46.5 Å². The molecule has 0 saturated carbocycles. The van der Waals surface area contributed by atoms with Crippen molar-refractivity contribution in [3.05, 3.63) is 66.0 Å². The van der Waals surface area contributed by atoms with Gasteiger partial charge >= 0.3 is 19.3 Å². The molecular formula is C13H14ClMgN. The van der Waals surface area contributed by atoms with Crippen molar-refractivity contribution < 1.29 is 0 Å². The molecule has 0 saturated heterocycles. The van der Waals surface area contributed by atoms with Gasteiger partial charge in [-0.3, -0.25) is 4.98 Å². The van der Waals surface area contributed by atoms with Gasteiger partial charge in [-0.2, -0.15) is 0 Å². The van der Waals surface area contributed by atoms with E-state index in [9.17, 15) is 0 Å². The Kier molecular flexibility index (Phi) is 7.22. The molecule has 80 valence electrons. The fourth-order valence-corrected chi connectivity index (χ4v) is 2.41. The molecule has 0 fully saturated rings. The first-order chi connectivity index (χ1) is 7.83. The van der Waals surface area contributed by atoms with Crippen LogP contribution in [0.5, 0.6) is 0 Å². The molecular weight excluding hydrogens is 230 g/mol. The molecule has 0 atom stereocenters. The molecule has 3 heteroatoms. The van der Waals surface area contributed by atoms with Crippen LogP contribution in [0.4, 0.5) is 0 Å². The minimum Gasteiger partial charge on any atom is -0.345 e. The molecule has 0 unspecified atom stereocenters. The first kappa shape index (κ1) is 13.5. The Morgan fingerprint density at radius 2 is 1.75 bits per heavy atom. The number of rotatable bonds is 2. The van der Waals surface area contributed by atoms with Gasteiger partial charge in [-0.05, 0) is 19.1 Å². The zero-order valence-corrected chi connectivity index (χ0v) is 11.6. The van der Waals surface area contributed by atoms with Crippen LogP contribution < -0.4 is 0 Å². The molecule has 0 aliphatic heterocycles. The average molecular weight is 244 g/mol. The van der Waals surface area contributed by atoms with Gasteiger partial charge in [-0.25, -0.2) is 0 Å². The Hall–Kier alpha value is -0.574.